The van der Waals surface area contributed by atoms with Gasteiger partial charge in [0.15, 0.2) is 0 Å². The molecule has 3 fully saturated rings. The topological polar surface area (TPSA) is 20.2 Å². The lowest BCUT2D eigenvalue weighted by Gasteiger charge is -2.51. The van der Waals surface area contributed by atoms with E-state index in [1.165, 1.54) is 19.4 Å². The highest BCUT2D eigenvalue weighted by Crippen LogP contribution is 2.37. The summed E-state index contributed by atoms with van der Waals surface area (Å²) < 4.78 is 1.05. The van der Waals surface area contributed by atoms with Crippen LogP contribution >= 0.6 is 0 Å². The standard InChI is InChI=1S/C9H18NO/c1-10(2)6-7-3-4-8(10)9(11)5-7/h7-9,11H,3-6H2,1-2H3/q+1. The normalized spacial score (nSPS) is 47.7. The first-order valence-corrected chi connectivity index (χ1v) is 4.60. The van der Waals surface area contributed by atoms with Gasteiger partial charge in [-0.3, -0.25) is 0 Å². The van der Waals surface area contributed by atoms with Crippen LogP contribution in [0.4, 0.5) is 0 Å². The number of hydrogen-bond donors (Lipinski definition) is 1. The predicted octanol–water partition coefficient (Wildman–Crippen LogP) is 0.606. The van der Waals surface area contributed by atoms with E-state index in [1.807, 2.05) is 0 Å². The van der Waals surface area contributed by atoms with Crippen molar-refractivity contribution in [2.45, 2.75) is 31.4 Å². The number of piperidine rings is 2. The predicted molar refractivity (Wildman–Crippen MR) is 44.1 cm³/mol. The molecule has 2 bridgehead atoms. The van der Waals surface area contributed by atoms with E-state index in [9.17, 15) is 5.11 Å². The molecule has 2 nitrogen and oxygen atoms in total. The third-order valence-electron chi connectivity index (χ3n) is 3.52. The van der Waals surface area contributed by atoms with Crippen molar-refractivity contribution in [2.24, 2.45) is 5.92 Å². The van der Waals surface area contributed by atoms with E-state index in [0.717, 1.165) is 16.8 Å². The van der Waals surface area contributed by atoms with Crippen LogP contribution in [0.5, 0.6) is 0 Å². The first-order valence-electron chi connectivity index (χ1n) is 4.60. The molecule has 0 spiro atoms. The first kappa shape index (κ1) is 7.56. The highest BCUT2D eigenvalue weighted by molar-refractivity contribution is 4.85. The molecule has 3 unspecified atom stereocenters. The average molecular weight is 156 g/mol. The van der Waals surface area contributed by atoms with Crippen LogP contribution in [0.15, 0.2) is 0 Å². The van der Waals surface area contributed by atoms with Crippen molar-refractivity contribution in [3.63, 3.8) is 0 Å². The molecular formula is C9H18NO+. The van der Waals surface area contributed by atoms with Crippen molar-refractivity contribution in [1.29, 1.82) is 0 Å². The maximum Gasteiger partial charge on any atom is 0.115 e. The number of aliphatic hydroxyl groups excluding tert-OH is 1. The van der Waals surface area contributed by atoms with Crippen LogP contribution in [0.3, 0.4) is 0 Å². The fourth-order valence-electron chi connectivity index (χ4n) is 3.00. The molecule has 1 aliphatic carbocycles. The van der Waals surface area contributed by atoms with Gasteiger partial charge in [-0.1, -0.05) is 0 Å². The Labute approximate surface area is 68.4 Å². The second-order valence-electron chi connectivity index (χ2n) is 4.77. The van der Waals surface area contributed by atoms with Gasteiger partial charge in [0.2, 0.25) is 0 Å². The monoisotopic (exact) mass is 156 g/mol. The van der Waals surface area contributed by atoms with Crippen molar-refractivity contribution in [3.05, 3.63) is 0 Å². The fourth-order valence-corrected chi connectivity index (χ4v) is 3.00. The Morgan fingerprint density at radius 1 is 1.27 bits per heavy atom. The molecule has 2 aliphatic heterocycles. The summed E-state index contributed by atoms with van der Waals surface area (Å²) >= 11 is 0. The number of likely N-dealkylation sites (N-methyl/N-ethyl adjacent to an activating group) is 1. The molecule has 2 saturated heterocycles. The van der Waals surface area contributed by atoms with Gasteiger partial charge >= 0.3 is 0 Å². The molecule has 2 heterocycles. The van der Waals surface area contributed by atoms with E-state index in [1.54, 1.807) is 0 Å². The largest absolute Gasteiger partial charge is 0.387 e. The zero-order chi connectivity index (χ0) is 8.06. The van der Waals surface area contributed by atoms with Crippen molar-refractivity contribution >= 4 is 0 Å². The minimum atomic E-state index is -0.0162. The molecule has 0 amide bonds. The van der Waals surface area contributed by atoms with Gasteiger partial charge in [0.05, 0.1) is 20.6 Å². The lowest BCUT2D eigenvalue weighted by Crippen LogP contribution is -2.63. The summed E-state index contributed by atoms with van der Waals surface area (Å²) in [6.07, 6.45) is 3.63. The van der Waals surface area contributed by atoms with Gasteiger partial charge in [-0.15, -0.1) is 0 Å². The molecule has 1 N–H and O–H groups in total. The molecule has 3 atom stereocenters. The molecule has 0 radical (unpaired) electrons. The van der Waals surface area contributed by atoms with E-state index in [0.29, 0.717) is 6.04 Å². The molecule has 0 aromatic rings. The Balaban J connectivity index is 2.20. The summed E-state index contributed by atoms with van der Waals surface area (Å²) in [7, 11) is 4.50. The molecule has 2 heteroatoms. The van der Waals surface area contributed by atoms with Gasteiger partial charge in [-0.05, 0) is 12.8 Å². The zero-order valence-electron chi connectivity index (χ0n) is 7.45. The number of quaternary nitrogens is 1. The number of aliphatic hydroxyl groups is 1. The van der Waals surface area contributed by atoms with E-state index in [-0.39, 0.29) is 6.10 Å². The molecule has 11 heavy (non-hydrogen) atoms. The minimum absolute atomic E-state index is 0.0162. The highest BCUT2D eigenvalue weighted by atomic mass is 16.3. The van der Waals surface area contributed by atoms with E-state index in [2.05, 4.69) is 14.1 Å². The van der Waals surface area contributed by atoms with E-state index < -0.39 is 0 Å². The summed E-state index contributed by atoms with van der Waals surface area (Å²) in [5.41, 5.74) is 0. The van der Waals surface area contributed by atoms with Gasteiger partial charge in [0.25, 0.3) is 0 Å². The molecule has 3 rings (SSSR count). The second-order valence-corrected chi connectivity index (χ2v) is 4.77. The van der Waals surface area contributed by atoms with Crippen LogP contribution < -0.4 is 0 Å². The Morgan fingerprint density at radius 3 is 2.36 bits per heavy atom. The van der Waals surface area contributed by atoms with Crippen molar-refractivity contribution in [2.75, 3.05) is 20.6 Å². The zero-order valence-corrected chi connectivity index (χ0v) is 7.45. The maximum absolute atomic E-state index is 9.72. The minimum Gasteiger partial charge on any atom is -0.387 e. The summed E-state index contributed by atoms with van der Waals surface area (Å²) in [4.78, 5) is 0. The lowest BCUT2D eigenvalue weighted by atomic mass is 9.77. The van der Waals surface area contributed by atoms with Gasteiger partial charge in [-0.25, -0.2) is 0 Å². The summed E-state index contributed by atoms with van der Waals surface area (Å²) in [6.45, 7) is 1.28. The lowest BCUT2D eigenvalue weighted by molar-refractivity contribution is -0.933. The smallest absolute Gasteiger partial charge is 0.115 e. The highest BCUT2D eigenvalue weighted by Gasteiger charge is 2.46. The van der Waals surface area contributed by atoms with Crippen LogP contribution in [0, 0.1) is 5.92 Å². The van der Waals surface area contributed by atoms with E-state index in [4.69, 9.17) is 0 Å². The Morgan fingerprint density at radius 2 is 2.00 bits per heavy atom. The second kappa shape index (κ2) is 2.20. The molecule has 64 valence electrons. The fraction of sp³-hybridized carbons (Fsp3) is 1.00. The van der Waals surface area contributed by atoms with Crippen molar-refractivity contribution in [3.8, 4) is 0 Å². The third-order valence-corrected chi connectivity index (χ3v) is 3.52. The van der Waals surface area contributed by atoms with E-state index >= 15 is 0 Å². The number of hydrogen-bond acceptors (Lipinski definition) is 1. The van der Waals surface area contributed by atoms with Crippen molar-refractivity contribution in [1.82, 2.24) is 0 Å². The maximum atomic E-state index is 9.72. The third kappa shape index (κ3) is 1.09. The Bertz CT molecular complexity index is 167. The Kier molecular flexibility index (Phi) is 1.52. The van der Waals surface area contributed by atoms with Crippen LogP contribution in [-0.2, 0) is 0 Å². The number of fused-ring (bicyclic) bond motifs is 3. The van der Waals surface area contributed by atoms with Gasteiger partial charge in [-0.2, -0.15) is 0 Å². The molecule has 0 aromatic heterocycles. The van der Waals surface area contributed by atoms with Crippen molar-refractivity contribution < 1.29 is 9.59 Å². The number of nitrogens with zero attached hydrogens (tertiary/aromatic N) is 1. The summed E-state index contributed by atoms with van der Waals surface area (Å²) in [5, 5.41) is 9.72. The average Bonchev–Trinajstić information content (AvgIpc) is 1.83. The van der Waals surface area contributed by atoms with Crippen LogP contribution in [0.1, 0.15) is 19.3 Å². The van der Waals surface area contributed by atoms with Gasteiger partial charge < -0.3 is 9.59 Å². The summed E-state index contributed by atoms with van der Waals surface area (Å²) in [6, 6.07) is 0.528. The SMILES string of the molecule is C[N+]1(C)CC2CCC1C(O)C2. The molecule has 0 aromatic carbocycles. The first-order chi connectivity index (χ1) is 5.09. The number of rotatable bonds is 0. The molecule has 1 saturated carbocycles. The molecule has 3 aliphatic rings. The van der Waals surface area contributed by atoms with Crippen LogP contribution in [0.25, 0.3) is 0 Å². The Hall–Kier alpha value is -0.0800. The van der Waals surface area contributed by atoms with Gasteiger partial charge in [0.1, 0.15) is 12.1 Å². The van der Waals surface area contributed by atoms with Gasteiger partial charge in [0, 0.05) is 12.3 Å². The summed E-state index contributed by atoms with van der Waals surface area (Å²) in [5.74, 6) is 0.796. The molecular weight excluding hydrogens is 138 g/mol. The van der Waals surface area contributed by atoms with Crippen LogP contribution in [0.2, 0.25) is 0 Å². The van der Waals surface area contributed by atoms with Crippen LogP contribution in [-0.4, -0.2) is 42.4 Å². The quantitative estimate of drug-likeness (QED) is 0.509.